The maximum Gasteiger partial charge on any atom is 0.408 e. The molecule has 0 heterocycles. The molecule has 22 heavy (non-hydrogen) atoms. The summed E-state index contributed by atoms with van der Waals surface area (Å²) >= 11 is 0. The van der Waals surface area contributed by atoms with E-state index >= 15 is 0 Å². The Balaban J connectivity index is 1.93. The maximum atomic E-state index is 11.8. The molecule has 1 aromatic rings. The number of rotatable bonds is 4. The zero-order chi connectivity index (χ0) is 16.4. The van der Waals surface area contributed by atoms with Crippen LogP contribution in [0.4, 0.5) is 4.79 Å². The minimum atomic E-state index is -1.19. The maximum absolute atomic E-state index is 11.8. The fourth-order valence-corrected chi connectivity index (χ4v) is 2.85. The smallest absolute Gasteiger partial charge is 0.408 e. The van der Waals surface area contributed by atoms with Crippen molar-refractivity contribution in [1.29, 1.82) is 0 Å². The van der Waals surface area contributed by atoms with E-state index in [9.17, 15) is 14.7 Å². The van der Waals surface area contributed by atoms with E-state index in [0.717, 1.165) is 6.42 Å². The summed E-state index contributed by atoms with van der Waals surface area (Å²) in [5.74, 6) is -0.740. The Hall–Kier alpha value is -2.04. The number of carboxylic acids is 1. The Kier molecular flexibility index (Phi) is 4.44. The molecular formula is C17H23NO4. The summed E-state index contributed by atoms with van der Waals surface area (Å²) in [4.78, 5) is 23.4. The van der Waals surface area contributed by atoms with Crippen LogP contribution in [0.15, 0.2) is 30.3 Å². The Morgan fingerprint density at radius 2 is 1.86 bits per heavy atom. The second kappa shape index (κ2) is 5.99. The quantitative estimate of drug-likeness (QED) is 0.896. The molecule has 1 fully saturated rings. The van der Waals surface area contributed by atoms with Gasteiger partial charge >= 0.3 is 12.1 Å². The predicted octanol–water partition coefficient (Wildman–Crippen LogP) is 2.99. The van der Waals surface area contributed by atoms with Gasteiger partial charge in [-0.2, -0.15) is 0 Å². The molecule has 5 heteroatoms. The molecule has 0 spiro atoms. The van der Waals surface area contributed by atoms with Crippen LogP contribution in [-0.2, 0) is 16.0 Å². The van der Waals surface area contributed by atoms with E-state index in [0.29, 0.717) is 12.8 Å². The summed E-state index contributed by atoms with van der Waals surface area (Å²) < 4.78 is 5.16. The Morgan fingerprint density at radius 1 is 1.27 bits per heavy atom. The van der Waals surface area contributed by atoms with Gasteiger partial charge in [0.05, 0.1) is 0 Å². The van der Waals surface area contributed by atoms with Crippen LogP contribution in [0, 0.1) is 5.92 Å². The molecule has 2 rings (SSSR count). The van der Waals surface area contributed by atoms with Gasteiger partial charge in [-0.25, -0.2) is 9.59 Å². The number of benzene rings is 1. The predicted molar refractivity (Wildman–Crippen MR) is 82.6 cm³/mol. The number of carbonyl (C=O) groups excluding carboxylic acids is 1. The molecule has 1 aromatic carbocycles. The van der Waals surface area contributed by atoms with Gasteiger partial charge in [0, 0.05) is 0 Å². The van der Waals surface area contributed by atoms with Crippen molar-refractivity contribution in [3.63, 3.8) is 0 Å². The SMILES string of the molecule is CC(C)(C)OC(=O)NC1(C(=O)O)CC(Cc2ccccc2)C1. The first kappa shape index (κ1) is 16.3. The van der Waals surface area contributed by atoms with Crippen molar-refractivity contribution in [3.05, 3.63) is 35.9 Å². The van der Waals surface area contributed by atoms with Gasteiger partial charge in [0.25, 0.3) is 0 Å². The molecule has 120 valence electrons. The molecule has 0 unspecified atom stereocenters. The molecule has 5 nitrogen and oxygen atoms in total. The van der Waals surface area contributed by atoms with Crippen molar-refractivity contribution in [2.75, 3.05) is 0 Å². The van der Waals surface area contributed by atoms with E-state index in [1.165, 1.54) is 5.56 Å². The van der Waals surface area contributed by atoms with E-state index in [-0.39, 0.29) is 5.92 Å². The van der Waals surface area contributed by atoms with Crippen molar-refractivity contribution in [2.45, 2.75) is 51.2 Å². The Labute approximate surface area is 130 Å². The number of carbonyl (C=O) groups is 2. The molecular weight excluding hydrogens is 282 g/mol. The standard InChI is InChI=1S/C17H23NO4/c1-16(2,3)22-15(21)18-17(14(19)20)10-13(11-17)9-12-7-5-4-6-8-12/h4-8,13H,9-11H2,1-3H3,(H,18,21)(H,19,20). The zero-order valence-electron chi connectivity index (χ0n) is 13.3. The third kappa shape index (κ3) is 4.00. The van der Waals surface area contributed by atoms with E-state index < -0.39 is 23.2 Å². The van der Waals surface area contributed by atoms with Crippen molar-refractivity contribution in [3.8, 4) is 0 Å². The molecule has 0 atom stereocenters. The third-order valence-corrected chi connectivity index (χ3v) is 3.79. The number of aliphatic carboxylic acids is 1. The summed E-state index contributed by atoms with van der Waals surface area (Å²) in [6.45, 7) is 5.25. The van der Waals surface area contributed by atoms with Crippen molar-refractivity contribution >= 4 is 12.1 Å². The monoisotopic (exact) mass is 305 g/mol. The third-order valence-electron chi connectivity index (χ3n) is 3.79. The van der Waals surface area contributed by atoms with Crippen LogP contribution in [0.25, 0.3) is 0 Å². The van der Waals surface area contributed by atoms with Crippen molar-refractivity contribution < 1.29 is 19.4 Å². The van der Waals surface area contributed by atoms with E-state index in [1.807, 2.05) is 30.3 Å². The van der Waals surface area contributed by atoms with E-state index in [2.05, 4.69) is 5.32 Å². The highest BCUT2D eigenvalue weighted by Crippen LogP contribution is 2.40. The summed E-state index contributed by atoms with van der Waals surface area (Å²) in [5, 5.41) is 12.0. The highest BCUT2D eigenvalue weighted by molar-refractivity contribution is 5.85. The zero-order valence-corrected chi connectivity index (χ0v) is 13.3. The fraction of sp³-hybridized carbons (Fsp3) is 0.529. The Morgan fingerprint density at radius 3 is 2.36 bits per heavy atom. The number of hydrogen-bond acceptors (Lipinski definition) is 3. The van der Waals surface area contributed by atoms with Gasteiger partial charge in [-0.3, -0.25) is 0 Å². The van der Waals surface area contributed by atoms with Gasteiger partial charge in [-0.1, -0.05) is 30.3 Å². The number of ether oxygens (including phenoxy) is 1. The van der Waals surface area contributed by atoms with Crippen LogP contribution in [0.1, 0.15) is 39.2 Å². The van der Waals surface area contributed by atoms with Crippen molar-refractivity contribution in [1.82, 2.24) is 5.32 Å². The number of carboxylic acid groups (broad SMARTS) is 1. The van der Waals surface area contributed by atoms with Gasteiger partial charge in [-0.15, -0.1) is 0 Å². The number of alkyl carbamates (subject to hydrolysis) is 1. The highest BCUT2D eigenvalue weighted by Gasteiger charge is 2.52. The topological polar surface area (TPSA) is 75.6 Å². The summed E-state index contributed by atoms with van der Waals surface area (Å²) in [6, 6.07) is 9.95. The second-order valence-electron chi connectivity index (χ2n) is 6.98. The Bertz CT molecular complexity index is 542. The van der Waals surface area contributed by atoms with Gasteiger partial charge in [0.2, 0.25) is 0 Å². The lowest BCUT2D eigenvalue weighted by Gasteiger charge is -2.44. The molecule has 0 aliphatic heterocycles. The molecule has 0 bridgehead atoms. The van der Waals surface area contributed by atoms with Crippen LogP contribution in [-0.4, -0.2) is 28.3 Å². The lowest BCUT2D eigenvalue weighted by Crippen LogP contribution is -2.63. The average Bonchev–Trinajstić information content (AvgIpc) is 2.34. The van der Waals surface area contributed by atoms with Crippen LogP contribution < -0.4 is 5.32 Å². The summed E-state index contributed by atoms with van der Waals surface area (Å²) in [6.07, 6.45) is 1.01. The normalized spacial score (nSPS) is 24.2. The lowest BCUT2D eigenvalue weighted by atomic mass is 9.66. The first-order valence-corrected chi connectivity index (χ1v) is 7.49. The number of hydrogen-bond donors (Lipinski definition) is 2. The number of nitrogens with one attached hydrogen (secondary N) is 1. The molecule has 0 aromatic heterocycles. The molecule has 0 radical (unpaired) electrons. The molecule has 0 saturated heterocycles. The van der Waals surface area contributed by atoms with Crippen LogP contribution in [0.5, 0.6) is 0 Å². The highest BCUT2D eigenvalue weighted by atomic mass is 16.6. The van der Waals surface area contributed by atoms with Crippen LogP contribution in [0.3, 0.4) is 0 Å². The average molecular weight is 305 g/mol. The van der Waals surface area contributed by atoms with Gasteiger partial charge in [-0.05, 0) is 51.5 Å². The van der Waals surface area contributed by atoms with E-state index in [1.54, 1.807) is 20.8 Å². The van der Waals surface area contributed by atoms with Gasteiger partial charge in [0.15, 0.2) is 0 Å². The first-order chi connectivity index (χ1) is 10.2. The molecule has 1 saturated carbocycles. The first-order valence-electron chi connectivity index (χ1n) is 7.49. The van der Waals surface area contributed by atoms with Crippen LogP contribution >= 0.6 is 0 Å². The molecule has 2 N–H and O–H groups in total. The molecule has 1 aliphatic carbocycles. The largest absolute Gasteiger partial charge is 0.480 e. The second-order valence-corrected chi connectivity index (χ2v) is 6.98. The fourth-order valence-electron chi connectivity index (χ4n) is 2.85. The number of amides is 1. The summed E-state index contributed by atoms with van der Waals surface area (Å²) in [7, 11) is 0. The summed E-state index contributed by atoms with van der Waals surface area (Å²) in [5.41, 5.74) is -0.651. The van der Waals surface area contributed by atoms with E-state index in [4.69, 9.17) is 4.74 Å². The van der Waals surface area contributed by atoms with Crippen molar-refractivity contribution in [2.24, 2.45) is 5.92 Å². The van der Waals surface area contributed by atoms with Crippen LogP contribution in [0.2, 0.25) is 0 Å². The minimum Gasteiger partial charge on any atom is -0.480 e. The van der Waals surface area contributed by atoms with Gasteiger partial charge in [0.1, 0.15) is 11.1 Å². The minimum absolute atomic E-state index is 0.258. The lowest BCUT2D eigenvalue weighted by molar-refractivity contribution is -0.151. The van der Waals surface area contributed by atoms with Gasteiger partial charge < -0.3 is 15.2 Å². The molecule has 1 amide bonds. The molecule has 1 aliphatic rings.